The van der Waals surface area contributed by atoms with Crippen LogP contribution < -0.4 is 5.32 Å². The zero-order valence-corrected chi connectivity index (χ0v) is 12.8. The molecule has 1 aromatic carbocycles. The van der Waals surface area contributed by atoms with Gasteiger partial charge in [-0.1, -0.05) is 37.1 Å². The molecule has 2 nitrogen and oxygen atoms in total. The van der Waals surface area contributed by atoms with E-state index >= 15 is 0 Å². The first-order valence-electron chi connectivity index (χ1n) is 8.33. The normalized spacial score (nSPS) is 22.4. The highest BCUT2D eigenvalue weighted by Gasteiger charge is 2.26. The van der Waals surface area contributed by atoms with Gasteiger partial charge < -0.3 is 5.32 Å². The lowest BCUT2D eigenvalue weighted by Crippen LogP contribution is -2.43. The third-order valence-corrected chi connectivity index (χ3v) is 5.23. The quantitative estimate of drug-likeness (QED) is 0.905. The maximum atomic E-state index is 3.59. The van der Waals surface area contributed by atoms with Crippen molar-refractivity contribution in [1.82, 2.24) is 10.2 Å². The molecule has 0 amide bonds. The molecule has 1 unspecified atom stereocenters. The van der Waals surface area contributed by atoms with Crippen LogP contribution in [0.15, 0.2) is 24.3 Å². The van der Waals surface area contributed by atoms with Crippen LogP contribution in [0.1, 0.15) is 43.2 Å². The summed E-state index contributed by atoms with van der Waals surface area (Å²) in [5.41, 5.74) is 3.11. The van der Waals surface area contributed by atoms with Gasteiger partial charge in [-0.15, -0.1) is 0 Å². The fourth-order valence-corrected chi connectivity index (χ4v) is 4.04. The summed E-state index contributed by atoms with van der Waals surface area (Å²) < 4.78 is 0. The lowest BCUT2D eigenvalue weighted by molar-refractivity contribution is 0.209. The van der Waals surface area contributed by atoms with Crippen molar-refractivity contribution >= 4 is 0 Å². The van der Waals surface area contributed by atoms with Gasteiger partial charge in [-0.25, -0.2) is 0 Å². The molecular weight excluding hydrogens is 244 g/mol. The number of hydrogen-bond donors (Lipinski definition) is 1. The Bertz CT molecular complexity index is 423. The van der Waals surface area contributed by atoms with Crippen molar-refractivity contribution in [3.63, 3.8) is 0 Å². The van der Waals surface area contributed by atoms with E-state index in [1.54, 1.807) is 11.1 Å². The van der Waals surface area contributed by atoms with Crippen molar-refractivity contribution in [3.8, 4) is 0 Å². The average molecular weight is 272 g/mol. The van der Waals surface area contributed by atoms with Gasteiger partial charge >= 0.3 is 0 Å². The molecule has 0 radical (unpaired) electrons. The molecule has 1 N–H and O–H groups in total. The maximum absolute atomic E-state index is 3.59. The zero-order valence-electron chi connectivity index (χ0n) is 12.8. The molecule has 0 saturated heterocycles. The minimum Gasteiger partial charge on any atom is -0.315 e. The SMILES string of the molecule is CNC(CN1CCCc2ccccc2C1)C1CCCC1. The average Bonchev–Trinajstić information content (AvgIpc) is 2.92. The Morgan fingerprint density at radius 2 is 1.90 bits per heavy atom. The van der Waals surface area contributed by atoms with Gasteiger partial charge in [0, 0.05) is 19.1 Å². The highest BCUT2D eigenvalue weighted by molar-refractivity contribution is 5.28. The highest BCUT2D eigenvalue weighted by atomic mass is 15.1. The molecule has 3 rings (SSSR count). The summed E-state index contributed by atoms with van der Waals surface area (Å²) in [6.07, 6.45) is 8.28. The Balaban J connectivity index is 1.65. The fourth-order valence-electron chi connectivity index (χ4n) is 4.04. The minimum absolute atomic E-state index is 0.683. The second-order valence-electron chi connectivity index (χ2n) is 6.55. The van der Waals surface area contributed by atoms with Gasteiger partial charge in [-0.05, 0) is 56.3 Å². The summed E-state index contributed by atoms with van der Waals surface area (Å²) in [6, 6.07) is 9.68. The molecule has 0 bridgehead atoms. The van der Waals surface area contributed by atoms with Crippen molar-refractivity contribution in [2.45, 2.75) is 51.1 Å². The number of rotatable bonds is 4. The van der Waals surface area contributed by atoms with Crippen LogP contribution in [0.3, 0.4) is 0 Å². The van der Waals surface area contributed by atoms with Crippen molar-refractivity contribution in [3.05, 3.63) is 35.4 Å². The van der Waals surface area contributed by atoms with E-state index in [-0.39, 0.29) is 0 Å². The van der Waals surface area contributed by atoms with Gasteiger partial charge in [0.15, 0.2) is 0 Å². The first kappa shape index (κ1) is 14.1. The van der Waals surface area contributed by atoms with E-state index in [0.717, 1.165) is 12.5 Å². The van der Waals surface area contributed by atoms with Crippen LogP contribution in [-0.4, -0.2) is 31.1 Å². The van der Waals surface area contributed by atoms with Crippen LogP contribution in [0.4, 0.5) is 0 Å². The number of nitrogens with zero attached hydrogens (tertiary/aromatic N) is 1. The van der Waals surface area contributed by atoms with Crippen LogP contribution in [0, 0.1) is 5.92 Å². The van der Waals surface area contributed by atoms with E-state index in [2.05, 4.69) is 41.5 Å². The second kappa shape index (κ2) is 6.73. The van der Waals surface area contributed by atoms with Crippen LogP contribution in [0.5, 0.6) is 0 Å². The first-order valence-corrected chi connectivity index (χ1v) is 8.33. The van der Waals surface area contributed by atoms with E-state index in [0.29, 0.717) is 6.04 Å². The van der Waals surface area contributed by atoms with E-state index in [1.807, 2.05) is 0 Å². The molecule has 1 aliphatic heterocycles. The van der Waals surface area contributed by atoms with Crippen LogP contribution in [0.2, 0.25) is 0 Å². The third kappa shape index (κ3) is 3.24. The lowest BCUT2D eigenvalue weighted by atomic mass is 9.97. The third-order valence-electron chi connectivity index (χ3n) is 5.23. The molecule has 0 aromatic heterocycles. The monoisotopic (exact) mass is 272 g/mol. The molecule has 110 valence electrons. The van der Waals surface area contributed by atoms with Gasteiger partial charge in [0.1, 0.15) is 0 Å². The fraction of sp³-hybridized carbons (Fsp3) is 0.667. The number of aryl methyl sites for hydroxylation is 1. The van der Waals surface area contributed by atoms with Gasteiger partial charge in [0.25, 0.3) is 0 Å². The predicted molar refractivity (Wildman–Crippen MR) is 84.8 cm³/mol. The highest BCUT2D eigenvalue weighted by Crippen LogP contribution is 2.28. The van der Waals surface area contributed by atoms with Crippen LogP contribution >= 0.6 is 0 Å². The minimum atomic E-state index is 0.683. The lowest BCUT2D eigenvalue weighted by Gasteiger charge is -2.30. The topological polar surface area (TPSA) is 15.3 Å². The Labute approximate surface area is 123 Å². The number of hydrogen-bond acceptors (Lipinski definition) is 2. The van der Waals surface area contributed by atoms with Gasteiger partial charge in [-0.3, -0.25) is 4.90 Å². The molecule has 1 heterocycles. The molecule has 1 saturated carbocycles. The van der Waals surface area contributed by atoms with Gasteiger partial charge in [-0.2, -0.15) is 0 Å². The van der Waals surface area contributed by atoms with E-state index in [1.165, 1.54) is 51.6 Å². The smallest absolute Gasteiger partial charge is 0.0237 e. The van der Waals surface area contributed by atoms with Crippen molar-refractivity contribution in [2.24, 2.45) is 5.92 Å². The number of benzene rings is 1. The Hall–Kier alpha value is -0.860. The molecule has 0 spiro atoms. The van der Waals surface area contributed by atoms with Crippen LogP contribution in [-0.2, 0) is 13.0 Å². The van der Waals surface area contributed by atoms with Gasteiger partial charge in [0.05, 0.1) is 0 Å². The summed E-state index contributed by atoms with van der Waals surface area (Å²) in [6.45, 7) is 3.61. The largest absolute Gasteiger partial charge is 0.315 e. The van der Waals surface area contributed by atoms with Crippen molar-refractivity contribution in [1.29, 1.82) is 0 Å². The summed E-state index contributed by atoms with van der Waals surface area (Å²) in [5.74, 6) is 0.901. The van der Waals surface area contributed by atoms with Crippen LogP contribution in [0.25, 0.3) is 0 Å². The Morgan fingerprint density at radius 3 is 2.65 bits per heavy atom. The predicted octanol–water partition coefficient (Wildman–Crippen LogP) is 3.21. The molecule has 2 aliphatic rings. The standard InChI is InChI=1S/C18H28N2/c1-19-18(16-8-3-4-9-16)14-20-12-6-11-15-7-2-5-10-17(15)13-20/h2,5,7,10,16,18-19H,3-4,6,8-9,11-14H2,1H3. The summed E-state index contributed by atoms with van der Waals surface area (Å²) in [7, 11) is 2.15. The molecule has 1 aromatic rings. The van der Waals surface area contributed by atoms with E-state index in [9.17, 15) is 0 Å². The molecule has 2 heteroatoms. The number of fused-ring (bicyclic) bond motifs is 1. The number of likely N-dealkylation sites (N-methyl/N-ethyl adjacent to an activating group) is 1. The van der Waals surface area contributed by atoms with Crippen molar-refractivity contribution < 1.29 is 0 Å². The maximum Gasteiger partial charge on any atom is 0.0237 e. The number of nitrogens with one attached hydrogen (secondary N) is 1. The zero-order chi connectivity index (χ0) is 13.8. The van der Waals surface area contributed by atoms with E-state index in [4.69, 9.17) is 0 Å². The summed E-state index contributed by atoms with van der Waals surface area (Å²) in [5, 5.41) is 3.59. The molecule has 1 atom stereocenters. The van der Waals surface area contributed by atoms with Gasteiger partial charge in [0.2, 0.25) is 0 Å². The Morgan fingerprint density at radius 1 is 1.15 bits per heavy atom. The molecule has 20 heavy (non-hydrogen) atoms. The first-order chi connectivity index (χ1) is 9.86. The van der Waals surface area contributed by atoms with Crippen molar-refractivity contribution in [2.75, 3.05) is 20.1 Å². The molecule has 1 fully saturated rings. The molecule has 1 aliphatic carbocycles. The van der Waals surface area contributed by atoms with E-state index < -0.39 is 0 Å². The second-order valence-corrected chi connectivity index (χ2v) is 6.55. The summed E-state index contributed by atoms with van der Waals surface area (Å²) in [4.78, 5) is 2.67. The molecular formula is C18H28N2. The Kier molecular flexibility index (Phi) is 4.74. The summed E-state index contributed by atoms with van der Waals surface area (Å²) >= 11 is 0.